The fourth-order valence-electron chi connectivity index (χ4n) is 2.92. The van der Waals surface area contributed by atoms with E-state index in [-0.39, 0.29) is 0 Å². The van der Waals surface area contributed by atoms with E-state index in [2.05, 4.69) is 35.1 Å². The van der Waals surface area contributed by atoms with E-state index in [0.717, 1.165) is 25.5 Å². The molecule has 1 aromatic heterocycles. The van der Waals surface area contributed by atoms with Crippen molar-refractivity contribution in [3.8, 4) is 5.88 Å². The third-order valence-corrected chi connectivity index (χ3v) is 4.13. The molecule has 1 aliphatic rings. The molecule has 2 unspecified atom stereocenters. The van der Waals surface area contributed by atoms with Gasteiger partial charge in [0.25, 0.3) is 0 Å². The largest absolute Gasteiger partial charge is 0.481 e. The van der Waals surface area contributed by atoms with Gasteiger partial charge in [0, 0.05) is 36.9 Å². The summed E-state index contributed by atoms with van der Waals surface area (Å²) in [5, 5.41) is 3.67. The van der Waals surface area contributed by atoms with Crippen LogP contribution in [0.2, 0.25) is 0 Å². The molecule has 0 saturated carbocycles. The topological polar surface area (TPSA) is 37.4 Å². The summed E-state index contributed by atoms with van der Waals surface area (Å²) in [6, 6.07) is 5.30. The fraction of sp³-hybridized carbons (Fsp3) is 0.688. The quantitative estimate of drug-likeness (QED) is 0.897. The molecule has 0 aliphatic carbocycles. The van der Waals surface area contributed by atoms with Crippen LogP contribution in [0, 0.1) is 0 Å². The van der Waals surface area contributed by atoms with Crippen LogP contribution in [0.3, 0.4) is 0 Å². The first-order valence-corrected chi connectivity index (χ1v) is 7.70. The van der Waals surface area contributed by atoms with E-state index in [1.165, 1.54) is 24.8 Å². The van der Waals surface area contributed by atoms with E-state index >= 15 is 0 Å². The highest BCUT2D eigenvalue weighted by Crippen LogP contribution is 2.20. The average Bonchev–Trinajstić information content (AvgIpc) is 2.62. The van der Waals surface area contributed by atoms with Crippen LogP contribution in [0.4, 0.5) is 0 Å². The summed E-state index contributed by atoms with van der Waals surface area (Å²) in [4.78, 5) is 6.86. The number of aromatic nitrogens is 1. The highest BCUT2D eigenvalue weighted by Gasteiger charge is 2.23. The summed E-state index contributed by atoms with van der Waals surface area (Å²) < 4.78 is 5.37. The van der Waals surface area contributed by atoms with Crippen LogP contribution in [0.25, 0.3) is 0 Å². The Kier molecular flexibility index (Phi) is 5.80. The minimum Gasteiger partial charge on any atom is -0.481 e. The second-order valence-electron chi connectivity index (χ2n) is 5.68. The van der Waals surface area contributed by atoms with Gasteiger partial charge in [0.15, 0.2) is 0 Å². The first-order valence-electron chi connectivity index (χ1n) is 7.70. The van der Waals surface area contributed by atoms with Gasteiger partial charge in [-0.05, 0) is 32.4 Å². The van der Waals surface area contributed by atoms with Crippen molar-refractivity contribution >= 4 is 0 Å². The third kappa shape index (κ3) is 3.93. The SMILES string of the molecule is CCCC1CN(Cc2cccnc2OC)C(C)CCN1. The molecule has 1 saturated heterocycles. The van der Waals surface area contributed by atoms with E-state index in [4.69, 9.17) is 4.74 Å². The molecule has 20 heavy (non-hydrogen) atoms. The second kappa shape index (κ2) is 7.60. The Morgan fingerprint density at radius 2 is 2.35 bits per heavy atom. The van der Waals surface area contributed by atoms with E-state index in [1.807, 2.05) is 6.07 Å². The van der Waals surface area contributed by atoms with Crippen molar-refractivity contribution in [2.24, 2.45) is 0 Å². The highest BCUT2D eigenvalue weighted by atomic mass is 16.5. The maximum absolute atomic E-state index is 5.37. The maximum Gasteiger partial charge on any atom is 0.217 e. The summed E-state index contributed by atoms with van der Waals surface area (Å²) in [5.41, 5.74) is 1.18. The average molecular weight is 277 g/mol. The molecular weight excluding hydrogens is 250 g/mol. The molecule has 1 aliphatic heterocycles. The van der Waals surface area contributed by atoms with Gasteiger partial charge in [-0.15, -0.1) is 0 Å². The number of hydrogen-bond donors (Lipinski definition) is 1. The number of methoxy groups -OCH3 is 1. The van der Waals surface area contributed by atoms with Gasteiger partial charge in [-0.25, -0.2) is 4.98 Å². The Morgan fingerprint density at radius 1 is 1.50 bits per heavy atom. The molecule has 0 spiro atoms. The minimum absolute atomic E-state index is 0.592. The lowest BCUT2D eigenvalue weighted by Gasteiger charge is -2.29. The molecule has 2 atom stereocenters. The third-order valence-electron chi connectivity index (χ3n) is 4.13. The van der Waals surface area contributed by atoms with Gasteiger partial charge in [0.2, 0.25) is 5.88 Å². The molecule has 4 nitrogen and oxygen atoms in total. The predicted molar refractivity (Wildman–Crippen MR) is 82.0 cm³/mol. The smallest absolute Gasteiger partial charge is 0.217 e. The lowest BCUT2D eigenvalue weighted by atomic mass is 10.1. The number of nitrogens with zero attached hydrogens (tertiary/aromatic N) is 2. The fourth-order valence-corrected chi connectivity index (χ4v) is 2.92. The summed E-state index contributed by atoms with van der Waals surface area (Å²) in [5.74, 6) is 0.754. The highest BCUT2D eigenvalue weighted by molar-refractivity contribution is 5.25. The van der Waals surface area contributed by atoms with Crippen molar-refractivity contribution < 1.29 is 4.74 Å². The van der Waals surface area contributed by atoms with Crippen molar-refractivity contribution in [2.45, 2.75) is 51.7 Å². The van der Waals surface area contributed by atoms with Gasteiger partial charge in [0.1, 0.15) is 0 Å². The van der Waals surface area contributed by atoms with Gasteiger partial charge in [-0.2, -0.15) is 0 Å². The molecule has 0 bridgehead atoms. The molecule has 0 radical (unpaired) electrons. The predicted octanol–water partition coefficient (Wildman–Crippen LogP) is 2.44. The molecule has 1 fully saturated rings. The van der Waals surface area contributed by atoms with Gasteiger partial charge < -0.3 is 10.1 Å². The zero-order chi connectivity index (χ0) is 14.4. The second-order valence-corrected chi connectivity index (χ2v) is 5.68. The van der Waals surface area contributed by atoms with Gasteiger partial charge in [-0.1, -0.05) is 19.4 Å². The summed E-state index contributed by atoms with van der Waals surface area (Å²) in [7, 11) is 1.69. The zero-order valence-corrected chi connectivity index (χ0v) is 12.9. The molecule has 1 aromatic rings. The lowest BCUT2D eigenvalue weighted by molar-refractivity contribution is 0.190. The van der Waals surface area contributed by atoms with Gasteiger partial charge in [0.05, 0.1) is 7.11 Å². The molecule has 2 rings (SSSR count). The molecule has 4 heteroatoms. The van der Waals surface area contributed by atoms with Crippen LogP contribution in [0.15, 0.2) is 18.3 Å². The van der Waals surface area contributed by atoms with Crippen molar-refractivity contribution in [3.05, 3.63) is 23.9 Å². The summed E-state index contributed by atoms with van der Waals surface area (Å²) in [6.45, 7) is 7.71. The van der Waals surface area contributed by atoms with Crippen LogP contribution in [-0.4, -0.2) is 42.2 Å². The maximum atomic E-state index is 5.37. The van der Waals surface area contributed by atoms with Crippen LogP contribution in [0.5, 0.6) is 5.88 Å². The molecule has 1 N–H and O–H groups in total. The van der Waals surface area contributed by atoms with Gasteiger partial charge in [-0.3, -0.25) is 4.90 Å². The lowest BCUT2D eigenvalue weighted by Crippen LogP contribution is -2.39. The molecule has 112 valence electrons. The standard InChI is InChI=1S/C16H27N3O/c1-4-6-15-12-19(13(2)8-10-17-15)11-14-7-5-9-18-16(14)20-3/h5,7,9,13,15,17H,4,6,8,10-12H2,1-3H3. The van der Waals surface area contributed by atoms with E-state index in [1.54, 1.807) is 13.3 Å². The number of hydrogen-bond acceptors (Lipinski definition) is 4. The first-order chi connectivity index (χ1) is 9.74. The Bertz CT molecular complexity index is 410. The number of rotatable bonds is 5. The summed E-state index contributed by atoms with van der Waals surface area (Å²) in [6.07, 6.45) is 5.46. The van der Waals surface area contributed by atoms with Gasteiger partial charge >= 0.3 is 0 Å². The number of pyridine rings is 1. The van der Waals surface area contributed by atoms with E-state index < -0.39 is 0 Å². The van der Waals surface area contributed by atoms with Crippen molar-refractivity contribution in [1.29, 1.82) is 0 Å². The van der Waals surface area contributed by atoms with Crippen LogP contribution in [-0.2, 0) is 6.54 Å². The molecule has 0 amide bonds. The number of nitrogens with one attached hydrogen (secondary N) is 1. The van der Waals surface area contributed by atoms with E-state index in [9.17, 15) is 0 Å². The molecule has 0 aromatic carbocycles. The Balaban J connectivity index is 2.08. The first kappa shape index (κ1) is 15.3. The van der Waals surface area contributed by atoms with Crippen LogP contribution < -0.4 is 10.1 Å². The minimum atomic E-state index is 0.592. The Morgan fingerprint density at radius 3 is 3.10 bits per heavy atom. The molecular formula is C16H27N3O. The van der Waals surface area contributed by atoms with Crippen molar-refractivity contribution in [2.75, 3.05) is 20.2 Å². The zero-order valence-electron chi connectivity index (χ0n) is 12.9. The van der Waals surface area contributed by atoms with Crippen molar-refractivity contribution in [1.82, 2.24) is 15.2 Å². The normalized spacial score (nSPS) is 24.4. The van der Waals surface area contributed by atoms with Crippen LogP contribution in [0.1, 0.15) is 38.7 Å². The van der Waals surface area contributed by atoms with E-state index in [0.29, 0.717) is 12.1 Å². The summed E-state index contributed by atoms with van der Waals surface area (Å²) >= 11 is 0. The van der Waals surface area contributed by atoms with Crippen molar-refractivity contribution in [3.63, 3.8) is 0 Å². The molecule has 2 heterocycles. The van der Waals surface area contributed by atoms with Crippen LogP contribution >= 0.6 is 0 Å². The Hall–Kier alpha value is -1.13. The number of ether oxygens (including phenoxy) is 1. The monoisotopic (exact) mass is 277 g/mol. The Labute approximate surface area is 122 Å².